The first-order chi connectivity index (χ1) is 13.1. The summed E-state index contributed by atoms with van der Waals surface area (Å²) < 4.78 is 5.22. The molecule has 0 aliphatic carbocycles. The zero-order chi connectivity index (χ0) is 18.8. The van der Waals surface area contributed by atoms with Gasteiger partial charge in [-0.05, 0) is 62.0 Å². The highest BCUT2D eigenvalue weighted by Crippen LogP contribution is 2.29. The lowest BCUT2D eigenvalue weighted by Gasteiger charge is -2.25. The van der Waals surface area contributed by atoms with Crippen LogP contribution in [0.25, 0.3) is 0 Å². The van der Waals surface area contributed by atoms with Gasteiger partial charge in [0.25, 0.3) is 11.8 Å². The lowest BCUT2D eigenvalue weighted by Crippen LogP contribution is -2.35. The first kappa shape index (κ1) is 20.4. The molecule has 28 heavy (non-hydrogen) atoms. The number of benzene rings is 1. The topological polar surface area (TPSA) is 65.8 Å². The molecule has 1 N–H and O–H groups in total. The maximum atomic E-state index is 13.3. The summed E-state index contributed by atoms with van der Waals surface area (Å²) in [4.78, 5) is 29.3. The Hall–Kier alpha value is -2.31. The Bertz CT molecular complexity index is 810. The van der Waals surface area contributed by atoms with Gasteiger partial charge in [-0.3, -0.25) is 9.59 Å². The van der Waals surface area contributed by atoms with E-state index in [4.69, 9.17) is 4.42 Å². The van der Waals surface area contributed by atoms with Crippen molar-refractivity contribution < 1.29 is 14.0 Å². The van der Waals surface area contributed by atoms with Crippen molar-refractivity contribution in [2.45, 2.75) is 12.8 Å². The predicted octanol–water partition coefficient (Wildman–Crippen LogP) is 3.05. The fraction of sp³-hybridized carbons (Fsp3) is 0.429. The standard InChI is InChI=1S/C21H25N3O3.ClH/c1-23(21(26)19-7-4-12-27-19)18-6-3-2-5-17(18)20(25)24-10-8-15-13-22-14-16(15)9-11-24;/h2-7,12,15-16,22H,8-11,13-14H2,1H3;1H/t15-,16+;. The van der Waals surface area contributed by atoms with E-state index in [9.17, 15) is 9.59 Å². The van der Waals surface area contributed by atoms with Gasteiger partial charge >= 0.3 is 0 Å². The van der Waals surface area contributed by atoms with Crippen LogP contribution in [0, 0.1) is 11.8 Å². The number of para-hydroxylation sites is 1. The minimum atomic E-state index is -0.267. The van der Waals surface area contributed by atoms with E-state index >= 15 is 0 Å². The van der Waals surface area contributed by atoms with Crippen LogP contribution in [0.3, 0.4) is 0 Å². The van der Waals surface area contributed by atoms with Crippen LogP contribution in [0.4, 0.5) is 5.69 Å². The molecular weight excluding hydrogens is 378 g/mol. The smallest absolute Gasteiger partial charge is 0.293 e. The van der Waals surface area contributed by atoms with Crippen LogP contribution in [0.5, 0.6) is 0 Å². The van der Waals surface area contributed by atoms with Gasteiger partial charge in [-0.25, -0.2) is 0 Å². The van der Waals surface area contributed by atoms with Gasteiger partial charge in [0.2, 0.25) is 0 Å². The van der Waals surface area contributed by atoms with Gasteiger partial charge in [0.1, 0.15) is 0 Å². The number of hydrogen-bond acceptors (Lipinski definition) is 4. The van der Waals surface area contributed by atoms with Crippen molar-refractivity contribution in [3.63, 3.8) is 0 Å². The normalized spacial score (nSPS) is 21.4. The van der Waals surface area contributed by atoms with E-state index in [1.807, 2.05) is 23.1 Å². The van der Waals surface area contributed by atoms with E-state index < -0.39 is 0 Å². The fourth-order valence-electron chi connectivity index (χ4n) is 4.21. The van der Waals surface area contributed by atoms with Gasteiger partial charge in [-0.2, -0.15) is 0 Å². The number of anilines is 1. The average molecular weight is 404 g/mol. The van der Waals surface area contributed by atoms with Crippen LogP contribution in [-0.4, -0.2) is 49.9 Å². The molecule has 2 aliphatic heterocycles. The summed E-state index contributed by atoms with van der Waals surface area (Å²) in [6, 6.07) is 10.6. The number of halogens is 1. The van der Waals surface area contributed by atoms with E-state index in [2.05, 4.69) is 5.32 Å². The van der Waals surface area contributed by atoms with E-state index in [0.717, 1.165) is 39.0 Å². The molecule has 6 nitrogen and oxygen atoms in total. The van der Waals surface area contributed by atoms with Gasteiger partial charge in [0, 0.05) is 20.1 Å². The molecule has 2 amide bonds. The van der Waals surface area contributed by atoms with Crippen molar-refractivity contribution >= 4 is 29.9 Å². The first-order valence-electron chi connectivity index (χ1n) is 9.55. The molecule has 2 aliphatic rings. The molecule has 3 heterocycles. The molecule has 7 heteroatoms. The van der Waals surface area contributed by atoms with Gasteiger partial charge in [0.15, 0.2) is 5.76 Å². The largest absolute Gasteiger partial charge is 0.459 e. The SMILES string of the molecule is CN(C(=O)c1ccco1)c1ccccc1C(=O)N1CC[C@@H]2CNC[C@@H]2CC1.Cl. The zero-order valence-corrected chi connectivity index (χ0v) is 16.8. The quantitative estimate of drug-likeness (QED) is 0.855. The van der Waals surface area contributed by atoms with Crippen LogP contribution in [0.2, 0.25) is 0 Å². The van der Waals surface area contributed by atoms with Gasteiger partial charge in [-0.15, -0.1) is 12.4 Å². The molecular formula is C21H26ClN3O3. The lowest BCUT2D eigenvalue weighted by atomic mass is 9.92. The van der Waals surface area contributed by atoms with E-state index in [1.54, 1.807) is 25.2 Å². The van der Waals surface area contributed by atoms with Crippen LogP contribution in [0.15, 0.2) is 47.1 Å². The summed E-state index contributed by atoms with van der Waals surface area (Å²) in [5, 5.41) is 3.46. The maximum absolute atomic E-state index is 13.3. The molecule has 0 spiro atoms. The summed E-state index contributed by atoms with van der Waals surface area (Å²) in [5.74, 6) is 1.33. The molecule has 0 bridgehead atoms. The van der Waals surface area contributed by atoms with Gasteiger partial charge in [-0.1, -0.05) is 12.1 Å². The van der Waals surface area contributed by atoms with Crippen molar-refractivity contribution in [1.29, 1.82) is 0 Å². The second-order valence-corrected chi connectivity index (χ2v) is 7.41. The Labute approximate surface area is 171 Å². The second kappa shape index (κ2) is 8.80. The maximum Gasteiger partial charge on any atom is 0.293 e. The van der Waals surface area contributed by atoms with E-state index in [-0.39, 0.29) is 30.0 Å². The van der Waals surface area contributed by atoms with Gasteiger partial charge < -0.3 is 19.5 Å². The number of carbonyl (C=O) groups is 2. The molecule has 2 aromatic rings. The highest BCUT2D eigenvalue weighted by molar-refractivity contribution is 6.09. The number of nitrogens with one attached hydrogen (secondary N) is 1. The second-order valence-electron chi connectivity index (χ2n) is 7.41. The van der Waals surface area contributed by atoms with Crippen molar-refractivity contribution in [2.24, 2.45) is 11.8 Å². The number of nitrogens with zero attached hydrogens (tertiary/aromatic N) is 2. The predicted molar refractivity (Wildman–Crippen MR) is 110 cm³/mol. The summed E-state index contributed by atoms with van der Waals surface area (Å²) in [6.45, 7) is 3.66. The monoisotopic (exact) mass is 403 g/mol. The third-order valence-electron chi connectivity index (χ3n) is 5.84. The molecule has 4 rings (SSSR count). The van der Waals surface area contributed by atoms with Gasteiger partial charge in [0.05, 0.1) is 17.5 Å². The highest BCUT2D eigenvalue weighted by atomic mass is 35.5. The Morgan fingerprint density at radius 1 is 1.07 bits per heavy atom. The molecule has 1 aromatic carbocycles. The number of rotatable bonds is 3. The van der Waals surface area contributed by atoms with Crippen LogP contribution in [0.1, 0.15) is 33.8 Å². The molecule has 2 saturated heterocycles. The van der Waals surface area contributed by atoms with E-state index in [0.29, 0.717) is 23.1 Å². The summed E-state index contributed by atoms with van der Waals surface area (Å²) in [5.41, 5.74) is 1.17. The lowest BCUT2D eigenvalue weighted by molar-refractivity contribution is 0.0759. The summed E-state index contributed by atoms with van der Waals surface area (Å²) in [6.07, 6.45) is 3.54. The number of furan rings is 1. The first-order valence-corrected chi connectivity index (χ1v) is 9.55. The molecule has 0 radical (unpaired) electrons. The molecule has 0 unspecified atom stereocenters. The Morgan fingerprint density at radius 2 is 1.75 bits per heavy atom. The van der Waals surface area contributed by atoms with Crippen molar-refractivity contribution in [3.8, 4) is 0 Å². The Morgan fingerprint density at radius 3 is 2.39 bits per heavy atom. The molecule has 1 aromatic heterocycles. The minimum Gasteiger partial charge on any atom is -0.459 e. The minimum absolute atomic E-state index is 0. The third-order valence-corrected chi connectivity index (χ3v) is 5.84. The summed E-state index contributed by atoms with van der Waals surface area (Å²) >= 11 is 0. The number of carbonyl (C=O) groups excluding carboxylic acids is 2. The van der Waals surface area contributed by atoms with Crippen LogP contribution < -0.4 is 10.2 Å². The van der Waals surface area contributed by atoms with Crippen LogP contribution in [-0.2, 0) is 0 Å². The van der Waals surface area contributed by atoms with Crippen LogP contribution >= 0.6 is 12.4 Å². The molecule has 150 valence electrons. The Kier molecular flexibility index (Phi) is 6.42. The summed E-state index contributed by atoms with van der Waals surface area (Å²) in [7, 11) is 1.68. The van der Waals surface area contributed by atoms with Crippen molar-refractivity contribution in [1.82, 2.24) is 10.2 Å². The average Bonchev–Trinajstić information content (AvgIpc) is 3.35. The Balaban J connectivity index is 0.00000225. The number of fused-ring (bicyclic) bond motifs is 1. The third kappa shape index (κ3) is 3.93. The zero-order valence-electron chi connectivity index (χ0n) is 16.0. The number of likely N-dealkylation sites (tertiary alicyclic amines) is 1. The number of amides is 2. The molecule has 2 atom stereocenters. The fourth-order valence-corrected chi connectivity index (χ4v) is 4.21. The van der Waals surface area contributed by atoms with E-state index in [1.165, 1.54) is 11.2 Å². The van der Waals surface area contributed by atoms with Crippen molar-refractivity contribution in [3.05, 3.63) is 54.0 Å². The molecule has 2 fully saturated rings. The van der Waals surface area contributed by atoms with Crippen molar-refractivity contribution in [2.75, 3.05) is 38.1 Å². The number of hydrogen-bond donors (Lipinski definition) is 1. The molecule has 0 saturated carbocycles. The highest BCUT2D eigenvalue weighted by Gasteiger charge is 2.32.